The molecule has 1 rings (SSSR count). The molecule has 0 spiro atoms. The molecule has 1 aromatic carbocycles. The topological polar surface area (TPSA) is 67.5 Å². The lowest BCUT2D eigenvalue weighted by Crippen LogP contribution is -2.21. The van der Waals surface area contributed by atoms with Gasteiger partial charge in [-0.3, -0.25) is 4.79 Å². The van der Waals surface area contributed by atoms with Crippen LogP contribution in [0, 0.1) is 0 Å². The van der Waals surface area contributed by atoms with Crippen molar-refractivity contribution >= 4 is 34.8 Å². The SMILES string of the molecule is C/C(CN)=N\NC(=O)c1ccc(Cl)c(Cl)c1. The fourth-order valence-electron chi connectivity index (χ4n) is 0.894. The minimum absolute atomic E-state index is 0.293. The maximum Gasteiger partial charge on any atom is 0.271 e. The second-order valence-electron chi connectivity index (χ2n) is 3.12. The average Bonchev–Trinajstić information content (AvgIpc) is 2.29. The third-order valence-corrected chi connectivity index (χ3v) is 2.56. The number of carbonyl (C=O) groups is 1. The molecule has 3 N–H and O–H groups in total. The van der Waals surface area contributed by atoms with Gasteiger partial charge in [0, 0.05) is 17.8 Å². The van der Waals surface area contributed by atoms with Gasteiger partial charge in [0.25, 0.3) is 5.91 Å². The van der Waals surface area contributed by atoms with Gasteiger partial charge in [-0.25, -0.2) is 5.43 Å². The molecular weight excluding hydrogens is 249 g/mol. The summed E-state index contributed by atoms with van der Waals surface area (Å²) in [5, 5.41) is 4.52. The van der Waals surface area contributed by atoms with Crippen molar-refractivity contribution in [1.82, 2.24) is 5.43 Å². The molecule has 1 aromatic rings. The van der Waals surface area contributed by atoms with Crippen LogP contribution in [-0.2, 0) is 0 Å². The number of nitrogens with zero attached hydrogens (tertiary/aromatic N) is 1. The van der Waals surface area contributed by atoms with E-state index in [1.165, 1.54) is 6.07 Å². The van der Waals surface area contributed by atoms with Gasteiger partial charge < -0.3 is 5.73 Å². The van der Waals surface area contributed by atoms with Gasteiger partial charge in [-0.05, 0) is 25.1 Å². The fourth-order valence-corrected chi connectivity index (χ4v) is 1.19. The van der Waals surface area contributed by atoms with Crippen molar-refractivity contribution in [2.45, 2.75) is 6.92 Å². The summed E-state index contributed by atoms with van der Waals surface area (Å²) in [5.74, 6) is -0.355. The summed E-state index contributed by atoms with van der Waals surface area (Å²) in [6.07, 6.45) is 0. The molecule has 86 valence electrons. The van der Waals surface area contributed by atoms with Gasteiger partial charge in [-0.15, -0.1) is 0 Å². The van der Waals surface area contributed by atoms with E-state index in [1.807, 2.05) is 0 Å². The molecule has 0 aromatic heterocycles. The lowest BCUT2D eigenvalue weighted by molar-refractivity contribution is 0.0955. The van der Waals surface area contributed by atoms with E-state index in [2.05, 4.69) is 10.5 Å². The summed E-state index contributed by atoms with van der Waals surface area (Å²) in [6, 6.07) is 4.60. The van der Waals surface area contributed by atoms with Gasteiger partial charge in [-0.2, -0.15) is 5.10 Å². The van der Waals surface area contributed by atoms with Crippen molar-refractivity contribution in [3.05, 3.63) is 33.8 Å². The monoisotopic (exact) mass is 259 g/mol. The second-order valence-corrected chi connectivity index (χ2v) is 3.94. The number of nitrogens with two attached hydrogens (primary N) is 1. The highest BCUT2D eigenvalue weighted by Crippen LogP contribution is 2.22. The average molecular weight is 260 g/mol. The molecule has 0 aliphatic heterocycles. The first-order valence-corrected chi connectivity index (χ1v) is 5.29. The van der Waals surface area contributed by atoms with Gasteiger partial charge in [-0.1, -0.05) is 23.2 Å². The summed E-state index contributed by atoms with van der Waals surface area (Å²) in [7, 11) is 0. The van der Waals surface area contributed by atoms with Gasteiger partial charge >= 0.3 is 0 Å². The van der Waals surface area contributed by atoms with E-state index in [0.717, 1.165) is 0 Å². The molecule has 0 aliphatic rings. The summed E-state index contributed by atoms with van der Waals surface area (Å²) >= 11 is 11.5. The lowest BCUT2D eigenvalue weighted by Gasteiger charge is -2.02. The molecule has 1 amide bonds. The third-order valence-electron chi connectivity index (χ3n) is 1.83. The van der Waals surface area contributed by atoms with Crippen molar-refractivity contribution in [2.75, 3.05) is 6.54 Å². The molecule has 0 unspecified atom stereocenters. The number of nitrogens with one attached hydrogen (secondary N) is 1. The molecule has 0 saturated heterocycles. The number of carbonyl (C=O) groups excluding carboxylic acids is 1. The van der Waals surface area contributed by atoms with Gasteiger partial charge in [0.2, 0.25) is 0 Å². The van der Waals surface area contributed by atoms with Crippen LogP contribution in [0.15, 0.2) is 23.3 Å². The lowest BCUT2D eigenvalue weighted by atomic mass is 10.2. The minimum Gasteiger partial charge on any atom is -0.325 e. The Hall–Kier alpha value is -1.10. The standard InChI is InChI=1S/C10H11Cl2N3O/c1-6(5-13)14-15-10(16)7-2-3-8(11)9(12)4-7/h2-4H,5,13H2,1H3,(H,15,16)/b14-6+. The molecule has 4 nitrogen and oxygen atoms in total. The highest BCUT2D eigenvalue weighted by Gasteiger charge is 2.06. The molecule has 0 fully saturated rings. The van der Waals surface area contributed by atoms with E-state index in [-0.39, 0.29) is 5.91 Å². The summed E-state index contributed by atoms with van der Waals surface area (Å²) in [4.78, 5) is 11.6. The Labute approximate surface area is 103 Å². The molecule has 0 aliphatic carbocycles. The Kier molecular flexibility index (Phi) is 4.73. The van der Waals surface area contributed by atoms with Gasteiger partial charge in [0.05, 0.1) is 10.0 Å². The highest BCUT2D eigenvalue weighted by molar-refractivity contribution is 6.42. The van der Waals surface area contributed by atoms with E-state index in [1.54, 1.807) is 19.1 Å². The zero-order valence-corrected chi connectivity index (χ0v) is 10.1. The second kappa shape index (κ2) is 5.84. The van der Waals surface area contributed by atoms with Crippen molar-refractivity contribution in [3.8, 4) is 0 Å². The predicted molar refractivity (Wildman–Crippen MR) is 66.1 cm³/mol. The van der Waals surface area contributed by atoms with Crippen LogP contribution >= 0.6 is 23.2 Å². The molecule has 0 bridgehead atoms. The van der Waals surface area contributed by atoms with Crippen LogP contribution in [0.25, 0.3) is 0 Å². The zero-order chi connectivity index (χ0) is 12.1. The Morgan fingerprint density at radius 3 is 2.69 bits per heavy atom. The van der Waals surface area contributed by atoms with Crippen LogP contribution in [0.2, 0.25) is 10.0 Å². The van der Waals surface area contributed by atoms with Crippen LogP contribution in [0.4, 0.5) is 0 Å². The number of rotatable bonds is 3. The van der Waals surface area contributed by atoms with Crippen LogP contribution in [-0.4, -0.2) is 18.2 Å². The van der Waals surface area contributed by atoms with Crippen molar-refractivity contribution in [2.24, 2.45) is 10.8 Å². The quantitative estimate of drug-likeness (QED) is 0.645. The van der Waals surface area contributed by atoms with Crippen LogP contribution in [0.5, 0.6) is 0 Å². The van der Waals surface area contributed by atoms with Gasteiger partial charge in [0.15, 0.2) is 0 Å². The number of hydrogen-bond donors (Lipinski definition) is 2. The van der Waals surface area contributed by atoms with Crippen molar-refractivity contribution < 1.29 is 4.79 Å². The maximum absolute atomic E-state index is 11.6. The summed E-state index contributed by atoms with van der Waals surface area (Å²) in [6.45, 7) is 2.01. The molecule has 16 heavy (non-hydrogen) atoms. The Bertz CT molecular complexity index is 432. The van der Waals surface area contributed by atoms with E-state index in [4.69, 9.17) is 28.9 Å². The van der Waals surface area contributed by atoms with E-state index < -0.39 is 0 Å². The number of hydrazone groups is 1. The number of halogens is 2. The minimum atomic E-state index is -0.355. The molecule has 0 atom stereocenters. The summed E-state index contributed by atoms with van der Waals surface area (Å²) < 4.78 is 0. The molecule has 6 heteroatoms. The predicted octanol–water partition coefficient (Wildman–Crippen LogP) is 2.06. The van der Waals surface area contributed by atoms with Crippen molar-refractivity contribution in [1.29, 1.82) is 0 Å². The Morgan fingerprint density at radius 2 is 2.12 bits per heavy atom. The molecule has 0 heterocycles. The maximum atomic E-state index is 11.6. The number of benzene rings is 1. The Morgan fingerprint density at radius 1 is 1.44 bits per heavy atom. The smallest absolute Gasteiger partial charge is 0.271 e. The van der Waals surface area contributed by atoms with E-state index >= 15 is 0 Å². The van der Waals surface area contributed by atoms with Crippen molar-refractivity contribution in [3.63, 3.8) is 0 Å². The number of hydrogen-bond acceptors (Lipinski definition) is 3. The highest BCUT2D eigenvalue weighted by atomic mass is 35.5. The number of amides is 1. The normalized spacial score (nSPS) is 11.4. The Balaban J connectivity index is 2.77. The van der Waals surface area contributed by atoms with E-state index in [9.17, 15) is 4.79 Å². The summed E-state index contributed by atoms with van der Waals surface area (Å²) in [5.41, 5.74) is 8.71. The first-order chi connectivity index (χ1) is 7.54. The molecule has 0 saturated carbocycles. The largest absolute Gasteiger partial charge is 0.325 e. The first kappa shape index (κ1) is 13.0. The van der Waals surface area contributed by atoms with Crippen LogP contribution in [0.3, 0.4) is 0 Å². The van der Waals surface area contributed by atoms with E-state index in [0.29, 0.717) is 27.9 Å². The van der Waals surface area contributed by atoms with Crippen LogP contribution in [0.1, 0.15) is 17.3 Å². The molecule has 0 radical (unpaired) electrons. The zero-order valence-electron chi connectivity index (χ0n) is 8.63. The third kappa shape index (κ3) is 3.48. The van der Waals surface area contributed by atoms with Crippen LogP contribution < -0.4 is 11.2 Å². The first-order valence-electron chi connectivity index (χ1n) is 4.53. The molecular formula is C10H11Cl2N3O. The fraction of sp³-hybridized carbons (Fsp3) is 0.200. The van der Waals surface area contributed by atoms with Gasteiger partial charge in [0.1, 0.15) is 0 Å².